The van der Waals surface area contributed by atoms with Crippen molar-refractivity contribution in [3.05, 3.63) is 24.0 Å². The lowest BCUT2D eigenvalue weighted by Crippen LogP contribution is -2.37. The highest BCUT2D eigenvalue weighted by Crippen LogP contribution is 2.21. The number of anilines is 1. The number of nitrogens with one attached hydrogen (secondary N) is 1. The number of hydrogen-bond donors (Lipinski definition) is 3. The molecule has 1 aromatic carbocycles. The van der Waals surface area contributed by atoms with Crippen LogP contribution in [-0.4, -0.2) is 39.3 Å². The van der Waals surface area contributed by atoms with Crippen molar-refractivity contribution in [1.82, 2.24) is 4.72 Å². The summed E-state index contributed by atoms with van der Waals surface area (Å²) >= 11 is 0. The number of carbonyl (C=O) groups excluding carboxylic acids is 1. The number of benzene rings is 1. The van der Waals surface area contributed by atoms with E-state index in [0.717, 1.165) is 13.2 Å². The number of aliphatic hydroxyl groups is 1. The monoisotopic (exact) mass is 292 g/mol. The van der Waals surface area contributed by atoms with Crippen LogP contribution in [0.25, 0.3) is 0 Å². The highest BCUT2D eigenvalue weighted by Gasteiger charge is 2.24. The van der Waals surface area contributed by atoms with Gasteiger partial charge in [0.1, 0.15) is 10.7 Å². The first-order valence-electron chi connectivity index (χ1n) is 5.09. The van der Waals surface area contributed by atoms with E-state index in [4.69, 9.17) is 5.73 Å². The first-order valence-corrected chi connectivity index (χ1v) is 6.57. The number of esters is 1. The Morgan fingerprint density at radius 3 is 2.74 bits per heavy atom. The van der Waals surface area contributed by atoms with Crippen molar-refractivity contribution in [3.63, 3.8) is 0 Å². The largest absolute Gasteiger partial charge is 0.467 e. The predicted molar refractivity (Wildman–Crippen MR) is 64.0 cm³/mol. The SMILES string of the molecule is COC(=O)C(O)CNS(=O)(=O)c1c(N)cccc1F. The van der Waals surface area contributed by atoms with Crippen LogP contribution in [0.4, 0.5) is 10.1 Å². The minimum Gasteiger partial charge on any atom is -0.467 e. The molecule has 0 saturated carbocycles. The van der Waals surface area contributed by atoms with Crippen LogP contribution in [0, 0.1) is 5.82 Å². The van der Waals surface area contributed by atoms with Gasteiger partial charge in [-0.2, -0.15) is 0 Å². The molecule has 7 nitrogen and oxygen atoms in total. The minimum atomic E-state index is -4.28. The van der Waals surface area contributed by atoms with Crippen molar-refractivity contribution in [2.24, 2.45) is 0 Å². The standard InChI is InChI=1S/C10H13FN2O5S/c1-18-10(15)8(14)5-13-19(16,17)9-6(11)3-2-4-7(9)12/h2-4,8,13-14H,5,12H2,1H3. The third kappa shape index (κ3) is 3.63. The van der Waals surface area contributed by atoms with Gasteiger partial charge in [-0.25, -0.2) is 22.3 Å². The maximum atomic E-state index is 13.4. The van der Waals surface area contributed by atoms with Crippen LogP contribution in [0.1, 0.15) is 0 Å². The number of nitrogen functional groups attached to an aromatic ring is 1. The second-order valence-corrected chi connectivity index (χ2v) is 5.25. The molecule has 0 aliphatic rings. The molecule has 1 atom stereocenters. The molecule has 0 spiro atoms. The molecule has 0 radical (unpaired) electrons. The normalized spacial score (nSPS) is 13.0. The summed E-state index contributed by atoms with van der Waals surface area (Å²) in [7, 11) is -3.24. The molecule has 0 amide bonds. The number of aliphatic hydroxyl groups excluding tert-OH is 1. The Labute approximate surface area is 109 Å². The first kappa shape index (κ1) is 15.3. The molecule has 0 aliphatic carbocycles. The molecule has 1 unspecified atom stereocenters. The summed E-state index contributed by atoms with van der Waals surface area (Å²) in [6.45, 7) is -0.650. The number of carbonyl (C=O) groups is 1. The van der Waals surface area contributed by atoms with E-state index >= 15 is 0 Å². The molecular formula is C10H13FN2O5S. The summed E-state index contributed by atoms with van der Waals surface area (Å²) in [5.74, 6) is -2.04. The van der Waals surface area contributed by atoms with Gasteiger partial charge < -0.3 is 15.6 Å². The van der Waals surface area contributed by atoms with Gasteiger partial charge in [-0.3, -0.25) is 0 Å². The summed E-state index contributed by atoms with van der Waals surface area (Å²) in [4.78, 5) is 10.2. The summed E-state index contributed by atoms with van der Waals surface area (Å²) in [5, 5.41) is 9.24. The van der Waals surface area contributed by atoms with Crippen molar-refractivity contribution in [2.75, 3.05) is 19.4 Å². The number of hydrogen-bond acceptors (Lipinski definition) is 6. The molecule has 0 bridgehead atoms. The lowest BCUT2D eigenvalue weighted by atomic mass is 10.3. The number of methoxy groups -OCH3 is 1. The van der Waals surface area contributed by atoms with Crippen LogP contribution in [0.3, 0.4) is 0 Å². The Kier molecular flexibility index (Phi) is 4.81. The Morgan fingerprint density at radius 2 is 2.21 bits per heavy atom. The van der Waals surface area contributed by atoms with E-state index in [9.17, 15) is 22.7 Å². The summed E-state index contributed by atoms with van der Waals surface area (Å²) < 4.78 is 43.1. The molecule has 9 heteroatoms. The van der Waals surface area contributed by atoms with Gasteiger partial charge in [-0.05, 0) is 12.1 Å². The zero-order valence-corrected chi connectivity index (χ0v) is 10.8. The fourth-order valence-electron chi connectivity index (χ4n) is 1.29. The van der Waals surface area contributed by atoms with Crippen LogP contribution in [0.15, 0.2) is 23.1 Å². The van der Waals surface area contributed by atoms with Gasteiger partial charge in [-0.15, -0.1) is 0 Å². The van der Waals surface area contributed by atoms with E-state index < -0.39 is 39.4 Å². The van der Waals surface area contributed by atoms with Crippen LogP contribution >= 0.6 is 0 Å². The average Bonchev–Trinajstić information content (AvgIpc) is 2.34. The molecule has 0 fully saturated rings. The van der Waals surface area contributed by atoms with E-state index in [0.29, 0.717) is 0 Å². The molecule has 1 aromatic rings. The molecular weight excluding hydrogens is 279 g/mol. The number of nitrogens with two attached hydrogens (primary N) is 1. The lowest BCUT2D eigenvalue weighted by Gasteiger charge is -2.12. The van der Waals surface area contributed by atoms with Gasteiger partial charge in [0.25, 0.3) is 0 Å². The predicted octanol–water partition coefficient (Wildman–Crippen LogP) is -0.780. The Morgan fingerprint density at radius 1 is 1.58 bits per heavy atom. The summed E-state index contributed by atoms with van der Waals surface area (Å²) in [6.07, 6.45) is -1.69. The van der Waals surface area contributed by atoms with Gasteiger partial charge in [0.15, 0.2) is 6.10 Å². The van der Waals surface area contributed by atoms with Crippen LogP contribution < -0.4 is 10.5 Å². The lowest BCUT2D eigenvalue weighted by molar-refractivity contribution is -0.149. The Bertz CT molecular complexity index is 555. The smallest absolute Gasteiger partial charge is 0.336 e. The van der Waals surface area contributed by atoms with Gasteiger partial charge in [0.2, 0.25) is 10.0 Å². The first-order chi connectivity index (χ1) is 8.79. The zero-order chi connectivity index (χ0) is 14.6. The Hall–Kier alpha value is -1.71. The third-order valence-electron chi connectivity index (χ3n) is 2.21. The maximum absolute atomic E-state index is 13.4. The van der Waals surface area contributed by atoms with Crippen molar-refractivity contribution in [2.45, 2.75) is 11.0 Å². The minimum absolute atomic E-state index is 0.278. The van der Waals surface area contributed by atoms with E-state index in [1.807, 2.05) is 4.72 Å². The second kappa shape index (κ2) is 5.95. The van der Waals surface area contributed by atoms with Crippen LogP contribution in [0.5, 0.6) is 0 Å². The highest BCUT2D eigenvalue weighted by molar-refractivity contribution is 7.89. The van der Waals surface area contributed by atoms with Crippen molar-refractivity contribution < 1.29 is 27.4 Å². The Balaban J connectivity index is 2.91. The second-order valence-electron chi connectivity index (χ2n) is 3.55. The molecule has 0 saturated heterocycles. The van der Waals surface area contributed by atoms with Gasteiger partial charge in [-0.1, -0.05) is 6.07 Å². The fraction of sp³-hybridized carbons (Fsp3) is 0.300. The maximum Gasteiger partial charge on any atom is 0.336 e. The molecule has 1 rings (SSSR count). The van der Waals surface area contributed by atoms with Crippen LogP contribution in [-0.2, 0) is 19.6 Å². The van der Waals surface area contributed by atoms with Crippen molar-refractivity contribution >= 4 is 21.7 Å². The average molecular weight is 292 g/mol. The highest BCUT2D eigenvalue weighted by atomic mass is 32.2. The van der Waals surface area contributed by atoms with Crippen molar-refractivity contribution in [3.8, 4) is 0 Å². The molecule has 106 valence electrons. The van der Waals surface area contributed by atoms with Crippen LogP contribution in [0.2, 0.25) is 0 Å². The quantitative estimate of drug-likeness (QED) is 0.484. The van der Waals surface area contributed by atoms with Gasteiger partial charge in [0.05, 0.1) is 12.8 Å². The molecule has 0 aliphatic heterocycles. The molecule has 0 heterocycles. The molecule has 4 N–H and O–H groups in total. The zero-order valence-electron chi connectivity index (χ0n) is 9.96. The van der Waals surface area contributed by atoms with E-state index in [1.165, 1.54) is 12.1 Å². The number of ether oxygens (including phenoxy) is 1. The topological polar surface area (TPSA) is 119 Å². The molecule has 0 aromatic heterocycles. The van der Waals surface area contributed by atoms with E-state index in [1.54, 1.807) is 0 Å². The number of halogens is 1. The number of rotatable bonds is 5. The van der Waals surface area contributed by atoms with Gasteiger partial charge >= 0.3 is 5.97 Å². The molecule has 19 heavy (non-hydrogen) atoms. The van der Waals surface area contributed by atoms with Gasteiger partial charge in [0, 0.05) is 6.54 Å². The third-order valence-corrected chi connectivity index (χ3v) is 3.72. The number of sulfonamides is 1. The van der Waals surface area contributed by atoms with Crippen molar-refractivity contribution in [1.29, 1.82) is 0 Å². The summed E-state index contributed by atoms with van der Waals surface area (Å²) in [5.41, 5.74) is 5.11. The van der Waals surface area contributed by atoms with E-state index in [2.05, 4.69) is 4.74 Å². The fourth-order valence-corrected chi connectivity index (χ4v) is 2.51. The summed E-state index contributed by atoms with van der Waals surface area (Å²) in [6, 6.07) is 3.41. The van der Waals surface area contributed by atoms with E-state index in [-0.39, 0.29) is 5.69 Å².